The van der Waals surface area contributed by atoms with E-state index in [0.717, 1.165) is 0 Å². The van der Waals surface area contributed by atoms with Gasteiger partial charge in [0.25, 0.3) is 0 Å². The Morgan fingerprint density at radius 3 is 1.75 bits per heavy atom. The van der Waals surface area contributed by atoms with Crippen molar-refractivity contribution in [1.29, 1.82) is 0 Å². The van der Waals surface area contributed by atoms with E-state index in [1.54, 1.807) is 30.3 Å². The first-order valence-electron chi connectivity index (χ1n) is 5.55. The molecule has 0 amide bonds. The van der Waals surface area contributed by atoms with Crippen molar-refractivity contribution in [3.8, 4) is 0 Å². The van der Waals surface area contributed by atoms with Gasteiger partial charge in [-0.05, 0) is 12.1 Å². The van der Waals surface area contributed by atoms with Crippen LogP contribution in [0, 0.1) is 0 Å². The topological polar surface area (TPSA) is 144 Å². The molecular formula is C10H15NNa4O7P2. The van der Waals surface area contributed by atoms with Gasteiger partial charge in [-0.2, -0.15) is 0 Å². The summed E-state index contributed by atoms with van der Waals surface area (Å²) in [6, 6.07) is 8.56. The normalized spacial score (nSPS) is 17.1. The fourth-order valence-electron chi connectivity index (χ4n) is 1.57. The molecule has 2 atom stereocenters. The minimum atomic E-state index is -5.70. The molecule has 116 valence electrons. The standard InChI is InChI=1S/C10H17NO7P2.4Na/c1-11(9-5-3-2-4-6-9)8-7-10(12,19(13,14)15)20(16,17)18;;;;/h2-6,12H,7-8H2,1H3,(H2,13,14,15)(H2,16,17,18);;;;/q;;;2*+1/p-2. The predicted molar refractivity (Wildman–Crippen MR) is 80.4 cm³/mol. The number of hydrogen-bond donors (Lipinski definition) is 3. The van der Waals surface area contributed by atoms with Gasteiger partial charge in [0, 0.05) is 84.8 Å². The minimum Gasteiger partial charge on any atom is -0.776 e. The molecule has 0 aromatic heterocycles. The molecule has 0 saturated heterocycles. The van der Waals surface area contributed by atoms with Crippen molar-refractivity contribution in [2.45, 2.75) is 11.5 Å². The molecule has 14 heteroatoms. The molecule has 8 nitrogen and oxygen atoms in total. The predicted octanol–water partition coefficient (Wildman–Crippen LogP) is -7.50. The van der Waals surface area contributed by atoms with Gasteiger partial charge >= 0.3 is 59.1 Å². The molecule has 1 aromatic carbocycles. The van der Waals surface area contributed by atoms with E-state index < -0.39 is 26.7 Å². The molecule has 0 heterocycles. The van der Waals surface area contributed by atoms with Crippen LogP contribution < -0.4 is 73.8 Å². The summed E-state index contributed by atoms with van der Waals surface area (Å²) in [5.41, 5.74) is 0.646. The van der Waals surface area contributed by atoms with Gasteiger partial charge in [0.15, 0.2) is 20.3 Å². The van der Waals surface area contributed by atoms with Gasteiger partial charge in [-0.1, -0.05) is 18.2 Å². The summed E-state index contributed by atoms with van der Waals surface area (Å²) in [5.74, 6) is 0. The molecule has 0 aliphatic heterocycles. The molecule has 24 heavy (non-hydrogen) atoms. The maximum atomic E-state index is 11.0. The zero-order chi connectivity index (χ0) is 15.6. The van der Waals surface area contributed by atoms with E-state index in [0.29, 0.717) is 5.69 Å². The Bertz CT molecular complexity index is 531. The first-order valence-corrected chi connectivity index (χ1v) is 8.71. The number of aliphatic hydroxyl groups is 1. The Morgan fingerprint density at radius 1 is 1.04 bits per heavy atom. The van der Waals surface area contributed by atoms with Crippen molar-refractivity contribution in [3.63, 3.8) is 0 Å². The van der Waals surface area contributed by atoms with Gasteiger partial charge in [-0.25, -0.2) is 0 Å². The fraction of sp³-hybridized carbons (Fsp3) is 0.400. The summed E-state index contributed by atoms with van der Waals surface area (Å²) in [6.07, 6.45) is -0.896. The average Bonchev–Trinajstić information content (AvgIpc) is 2.33. The van der Waals surface area contributed by atoms with Crippen LogP contribution in [0.15, 0.2) is 30.3 Å². The molecule has 0 aliphatic rings. The third kappa shape index (κ3) is 9.66. The zero-order valence-corrected chi connectivity index (χ0v) is 24.4. The second-order valence-corrected chi connectivity index (χ2v) is 8.24. The molecule has 1 aromatic rings. The molecule has 2 unspecified atom stereocenters. The number of rotatable bonds is 6. The summed E-state index contributed by atoms with van der Waals surface area (Å²) in [5, 5.41) is 6.01. The van der Waals surface area contributed by atoms with E-state index in [9.17, 15) is 24.0 Å². The number of hydrogen-bond acceptors (Lipinski definition) is 6. The largest absolute Gasteiger partial charge is 1.00 e. The van der Waals surface area contributed by atoms with Crippen LogP contribution in [0.1, 0.15) is 6.42 Å². The first kappa shape index (κ1) is 34.8. The second kappa shape index (κ2) is 14.3. The summed E-state index contributed by atoms with van der Waals surface area (Å²) in [6.45, 7) is -0.222. The van der Waals surface area contributed by atoms with Crippen LogP contribution in [0.4, 0.5) is 5.69 Å². The Balaban J connectivity index is -0.000000500. The van der Waals surface area contributed by atoms with Crippen LogP contribution in [0.5, 0.6) is 0 Å². The van der Waals surface area contributed by atoms with Crippen LogP contribution in [-0.4, -0.2) is 92.7 Å². The van der Waals surface area contributed by atoms with Gasteiger partial charge in [-0.3, -0.25) is 0 Å². The van der Waals surface area contributed by atoms with E-state index in [2.05, 4.69) is 0 Å². The van der Waals surface area contributed by atoms with E-state index in [-0.39, 0.29) is 125 Å². The van der Waals surface area contributed by atoms with Crippen molar-refractivity contribution in [1.82, 2.24) is 0 Å². The van der Waals surface area contributed by atoms with Crippen LogP contribution in [-0.2, 0) is 9.13 Å². The summed E-state index contributed by atoms with van der Waals surface area (Å²) >= 11 is 0. The quantitative estimate of drug-likeness (QED) is 0.307. The van der Waals surface area contributed by atoms with E-state index in [1.807, 2.05) is 0 Å². The number of anilines is 1. The number of nitrogens with zero attached hydrogens (tertiary/aromatic N) is 1. The van der Waals surface area contributed by atoms with Gasteiger partial charge in [0.2, 0.25) is 0 Å². The third-order valence-electron chi connectivity index (χ3n) is 2.88. The molecule has 0 saturated carbocycles. The van der Waals surface area contributed by atoms with Gasteiger partial charge < -0.3 is 38.7 Å². The Hall–Kier alpha value is 3.28. The second-order valence-electron chi connectivity index (χ2n) is 4.32. The third-order valence-corrected chi connectivity index (χ3v) is 6.66. The van der Waals surface area contributed by atoms with Crippen LogP contribution >= 0.6 is 15.2 Å². The van der Waals surface area contributed by atoms with E-state index >= 15 is 0 Å². The van der Waals surface area contributed by atoms with E-state index in [1.165, 1.54) is 11.9 Å². The first-order chi connectivity index (χ1) is 8.99. The monoisotopic (exact) mass is 415 g/mol. The van der Waals surface area contributed by atoms with Gasteiger partial charge in [-0.15, -0.1) is 0 Å². The molecule has 0 bridgehead atoms. The average molecular weight is 415 g/mol. The van der Waals surface area contributed by atoms with E-state index in [4.69, 9.17) is 9.79 Å². The molecule has 1 rings (SSSR count). The minimum absolute atomic E-state index is 0. The van der Waals surface area contributed by atoms with Crippen molar-refractivity contribution < 1.29 is 92.9 Å². The van der Waals surface area contributed by atoms with Gasteiger partial charge in [0.05, 0.1) is 0 Å². The maximum Gasteiger partial charge on any atom is 1.00 e. The van der Waals surface area contributed by atoms with Crippen molar-refractivity contribution in [2.24, 2.45) is 0 Å². The molecular weight excluding hydrogens is 400 g/mol. The smallest absolute Gasteiger partial charge is 0.776 e. The molecule has 0 fully saturated rings. The number of benzene rings is 1. The Kier molecular flexibility index (Phi) is 20.7. The molecule has 0 spiro atoms. The Morgan fingerprint density at radius 2 is 1.42 bits per heavy atom. The van der Waals surface area contributed by atoms with Gasteiger partial charge in [0.1, 0.15) is 0 Å². The van der Waals surface area contributed by atoms with Crippen LogP contribution in [0.2, 0.25) is 0 Å². The van der Waals surface area contributed by atoms with Crippen LogP contribution in [0.25, 0.3) is 0 Å². The SMILES string of the molecule is CN(CCC(O)(P(=O)([O-])O)P(=O)([O-])O)c1ccccc1.[Na+].[Na+].[Na].[Na]. The summed E-state index contributed by atoms with van der Waals surface area (Å²) < 4.78 is 22.1. The maximum absolute atomic E-state index is 11.0. The summed E-state index contributed by atoms with van der Waals surface area (Å²) in [7, 11) is -9.87. The molecule has 3 N–H and O–H groups in total. The van der Waals surface area contributed by atoms with Crippen LogP contribution in [0.3, 0.4) is 0 Å². The van der Waals surface area contributed by atoms with Crippen molar-refractivity contribution in [3.05, 3.63) is 30.3 Å². The molecule has 0 aliphatic carbocycles. The van der Waals surface area contributed by atoms with Crippen molar-refractivity contribution in [2.75, 3.05) is 18.5 Å². The molecule has 2 radical (unpaired) electrons. The fourth-order valence-corrected chi connectivity index (χ4v) is 3.61. The zero-order valence-electron chi connectivity index (χ0n) is 14.6. The van der Waals surface area contributed by atoms with Crippen molar-refractivity contribution >= 4 is 80.0 Å². The number of para-hydroxylation sites is 1. The Labute approximate surface area is 229 Å². The summed E-state index contributed by atoms with van der Waals surface area (Å²) in [4.78, 5) is 41.2.